The molecule has 5 heteroatoms. The Balaban J connectivity index is 1.71. The van der Waals surface area contributed by atoms with E-state index < -0.39 is 0 Å². The first kappa shape index (κ1) is 16.0. The van der Waals surface area contributed by atoms with Gasteiger partial charge in [-0.3, -0.25) is 9.78 Å². The number of aromatic nitrogens is 3. The van der Waals surface area contributed by atoms with Gasteiger partial charge in [0.1, 0.15) is 5.82 Å². The zero-order valence-electron chi connectivity index (χ0n) is 14.2. The fourth-order valence-corrected chi connectivity index (χ4v) is 3.02. The van der Waals surface area contributed by atoms with E-state index >= 15 is 0 Å². The van der Waals surface area contributed by atoms with Gasteiger partial charge in [-0.25, -0.2) is 4.98 Å². The van der Waals surface area contributed by atoms with Crippen molar-refractivity contribution in [1.29, 1.82) is 0 Å². The third-order valence-corrected chi connectivity index (χ3v) is 4.28. The Hall–Kier alpha value is -3.47. The van der Waals surface area contributed by atoms with Gasteiger partial charge >= 0.3 is 0 Å². The molecule has 1 amide bonds. The van der Waals surface area contributed by atoms with Crippen LogP contribution in [-0.4, -0.2) is 25.8 Å². The molecule has 26 heavy (non-hydrogen) atoms. The zero-order chi connectivity index (χ0) is 17.8. The van der Waals surface area contributed by atoms with Crippen LogP contribution in [0.5, 0.6) is 0 Å². The lowest BCUT2D eigenvalue weighted by Gasteiger charge is -2.22. The summed E-state index contributed by atoms with van der Waals surface area (Å²) in [5, 5.41) is 0.859. The van der Waals surface area contributed by atoms with Crippen LogP contribution in [0, 0.1) is 0 Å². The number of imidazole rings is 1. The second kappa shape index (κ2) is 7.19. The summed E-state index contributed by atoms with van der Waals surface area (Å²) >= 11 is 0. The summed E-state index contributed by atoms with van der Waals surface area (Å²) in [5.74, 6) is 0.719. The Kier molecular flexibility index (Phi) is 4.43. The van der Waals surface area contributed by atoms with Gasteiger partial charge in [-0.05, 0) is 17.7 Å². The molecule has 0 aliphatic heterocycles. The van der Waals surface area contributed by atoms with E-state index in [0.29, 0.717) is 18.7 Å². The van der Waals surface area contributed by atoms with Crippen molar-refractivity contribution >= 4 is 16.8 Å². The van der Waals surface area contributed by atoms with Crippen molar-refractivity contribution in [3.63, 3.8) is 0 Å². The van der Waals surface area contributed by atoms with Crippen molar-refractivity contribution in [3.8, 4) is 0 Å². The molecule has 128 valence electrons. The number of hydrogen-bond acceptors (Lipinski definition) is 3. The molecule has 0 aliphatic carbocycles. The van der Waals surface area contributed by atoms with Crippen LogP contribution in [0.15, 0.2) is 79.3 Å². The number of nitrogens with zero attached hydrogens (tertiary/aromatic N) is 3. The molecule has 4 rings (SSSR count). The third-order valence-electron chi connectivity index (χ3n) is 4.28. The van der Waals surface area contributed by atoms with E-state index in [9.17, 15) is 4.79 Å². The second-order valence-electron chi connectivity index (χ2n) is 6.06. The molecule has 0 radical (unpaired) electrons. The first-order valence-corrected chi connectivity index (χ1v) is 8.46. The van der Waals surface area contributed by atoms with E-state index in [1.54, 1.807) is 29.6 Å². The van der Waals surface area contributed by atoms with E-state index in [2.05, 4.69) is 15.0 Å². The number of H-pyrrole nitrogens is 1. The monoisotopic (exact) mass is 342 g/mol. The van der Waals surface area contributed by atoms with Crippen LogP contribution in [0.2, 0.25) is 0 Å². The van der Waals surface area contributed by atoms with E-state index in [-0.39, 0.29) is 5.91 Å². The third kappa shape index (κ3) is 3.32. The molecule has 0 atom stereocenters. The number of carbonyl (C=O) groups excluding carboxylic acids is 1. The van der Waals surface area contributed by atoms with Crippen LogP contribution in [0.3, 0.4) is 0 Å². The number of hydrogen-bond donors (Lipinski definition) is 1. The number of rotatable bonds is 5. The predicted molar refractivity (Wildman–Crippen MR) is 100 cm³/mol. The van der Waals surface area contributed by atoms with Gasteiger partial charge in [0.05, 0.1) is 17.6 Å². The number of benzene rings is 2. The molecule has 0 spiro atoms. The summed E-state index contributed by atoms with van der Waals surface area (Å²) in [5.41, 5.74) is 2.54. The Morgan fingerprint density at radius 2 is 1.69 bits per heavy atom. The molecule has 0 bridgehead atoms. The summed E-state index contributed by atoms with van der Waals surface area (Å²) < 4.78 is 0. The minimum Gasteiger partial charge on any atom is -0.347 e. The first-order chi connectivity index (χ1) is 12.8. The highest BCUT2D eigenvalue weighted by Crippen LogP contribution is 2.20. The highest BCUT2D eigenvalue weighted by molar-refractivity contribution is 6.05. The fourth-order valence-electron chi connectivity index (χ4n) is 3.02. The van der Waals surface area contributed by atoms with Crippen molar-refractivity contribution in [2.45, 2.75) is 13.1 Å². The summed E-state index contributed by atoms with van der Waals surface area (Å²) in [7, 11) is 0. The van der Waals surface area contributed by atoms with Gasteiger partial charge in [-0.2, -0.15) is 0 Å². The average Bonchev–Trinajstić information content (AvgIpc) is 3.20. The molecule has 5 nitrogen and oxygen atoms in total. The number of para-hydroxylation sites is 1. The van der Waals surface area contributed by atoms with Gasteiger partial charge in [0.2, 0.25) is 0 Å². The Bertz CT molecular complexity index is 1010. The number of amides is 1. The number of aromatic amines is 1. The van der Waals surface area contributed by atoms with Crippen molar-refractivity contribution in [2.24, 2.45) is 0 Å². The molecule has 0 saturated carbocycles. The highest BCUT2D eigenvalue weighted by Gasteiger charge is 2.20. The van der Waals surface area contributed by atoms with Crippen molar-refractivity contribution < 1.29 is 4.79 Å². The number of carbonyl (C=O) groups is 1. The van der Waals surface area contributed by atoms with E-state index in [1.807, 2.05) is 54.6 Å². The minimum absolute atomic E-state index is 0.0381. The maximum Gasteiger partial charge on any atom is 0.255 e. The Labute approximate surface area is 151 Å². The van der Waals surface area contributed by atoms with Gasteiger partial charge in [-0.15, -0.1) is 0 Å². The second-order valence-corrected chi connectivity index (χ2v) is 6.06. The van der Waals surface area contributed by atoms with Crippen LogP contribution in [0.4, 0.5) is 0 Å². The average molecular weight is 342 g/mol. The Morgan fingerprint density at radius 1 is 0.885 bits per heavy atom. The van der Waals surface area contributed by atoms with E-state index in [0.717, 1.165) is 22.3 Å². The topological polar surface area (TPSA) is 61.9 Å². The smallest absolute Gasteiger partial charge is 0.255 e. The molecular formula is C21H18N4O. The van der Waals surface area contributed by atoms with Gasteiger partial charge in [0, 0.05) is 30.5 Å². The largest absolute Gasteiger partial charge is 0.347 e. The highest BCUT2D eigenvalue weighted by atomic mass is 16.2. The minimum atomic E-state index is -0.0381. The molecule has 0 saturated heterocycles. The van der Waals surface area contributed by atoms with Gasteiger partial charge in [0.25, 0.3) is 5.91 Å². The molecular weight excluding hydrogens is 324 g/mol. The first-order valence-electron chi connectivity index (χ1n) is 8.46. The molecule has 2 heterocycles. The molecule has 1 N–H and O–H groups in total. The zero-order valence-corrected chi connectivity index (χ0v) is 14.2. The van der Waals surface area contributed by atoms with Gasteiger partial charge in [0.15, 0.2) is 0 Å². The molecule has 4 aromatic rings. The summed E-state index contributed by atoms with van der Waals surface area (Å²) in [4.78, 5) is 26.9. The maximum absolute atomic E-state index is 13.3. The number of fused-ring (bicyclic) bond motifs is 1. The lowest BCUT2D eigenvalue weighted by atomic mass is 10.1. The molecule has 2 aromatic heterocycles. The normalized spacial score (nSPS) is 10.8. The van der Waals surface area contributed by atoms with Crippen molar-refractivity contribution in [2.75, 3.05) is 0 Å². The van der Waals surface area contributed by atoms with E-state index in [4.69, 9.17) is 0 Å². The summed E-state index contributed by atoms with van der Waals surface area (Å²) in [6.07, 6.45) is 5.15. The van der Waals surface area contributed by atoms with Crippen LogP contribution < -0.4 is 0 Å². The number of nitrogens with one attached hydrogen (secondary N) is 1. The summed E-state index contributed by atoms with van der Waals surface area (Å²) in [6, 6.07) is 19.5. The van der Waals surface area contributed by atoms with Crippen LogP contribution in [0.25, 0.3) is 10.9 Å². The number of pyridine rings is 1. The van der Waals surface area contributed by atoms with Crippen molar-refractivity contribution in [1.82, 2.24) is 19.9 Å². The predicted octanol–water partition coefficient (Wildman–Crippen LogP) is 3.80. The molecule has 2 aromatic carbocycles. The molecule has 0 fully saturated rings. The van der Waals surface area contributed by atoms with Crippen molar-refractivity contribution in [3.05, 3.63) is 96.2 Å². The Morgan fingerprint density at radius 3 is 2.50 bits per heavy atom. The SMILES string of the molecule is O=C(c1ccnc2ccccc12)N(Cc1ccccc1)Cc1ncc[nH]1. The van der Waals surface area contributed by atoms with Crippen LogP contribution >= 0.6 is 0 Å². The lowest BCUT2D eigenvalue weighted by Crippen LogP contribution is -2.30. The fraction of sp³-hybridized carbons (Fsp3) is 0.0952. The summed E-state index contributed by atoms with van der Waals surface area (Å²) in [6.45, 7) is 0.925. The molecule has 0 unspecified atom stereocenters. The van der Waals surface area contributed by atoms with E-state index in [1.165, 1.54) is 0 Å². The molecule has 0 aliphatic rings. The van der Waals surface area contributed by atoms with Gasteiger partial charge in [-0.1, -0.05) is 48.5 Å². The maximum atomic E-state index is 13.3. The van der Waals surface area contributed by atoms with Crippen LogP contribution in [-0.2, 0) is 13.1 Å². The van der Waals surface area contributed by atoms with Gasteiger partial charge < -0.3 is 9.88 Å². The quantitative estimate of drug-likeness (QED) is 0.600. The standard InChI is InChI=1S/C21H18N4O/c26-21(18-10-11-22-19-9-5-4-8-17(18)19)25(15-20-23-12-13-24-20)14-16-6-2-1-3-7-16/h1-13H,14-15H2,(H,23,24). The van der Waals surface area contributed by atoms with Crippen LogP contribution in [0.1, 0.15) is 21.7 Å². The lowest BCUT2D eigenvalue weighted by molar-refractivity contribution is 0.0728.